The molecule has 1 heterocycles. The standard InChI is InChI=1S/C15H28N2O3/c1-4-7-15(14(19)20)8-10-16(11-9-15)12-13(18)17(5-2)6-3/h4-12H2,1-3H3,(H,19,20). The van der Waals surface area contributed by atoms with E-state index in [-0.39, 0.29) is 5.91 Å². The maximum absolute atomic E-state index is 12.1. The molecule has 0 radical (unpaired) electrons. The molecule has 1 aliphatic heterocycles. The second-order valence-electron chi connectivity index (χ2n) is 5.68. The van der Waals surface area contributed by atoms with Crippen molar-refractivity contribution in [2.24, 2.45) is 5.41 Å². The highest BCUT2D eigenvalue weighted by Crippen LogP contribution is 2.36. The van der Waals surface area contributed by atoms with Gasteiger partial charge in [-0.2, -0.15) is 0 Å². The maximum atomic E-state index is 12.1. The number of aliphatic carboxylic acids is 1. The molecule has 20 heavy (non-hydrogen) atoms. The van der Waals surface area contributed by atoms with Gasteiger partial charge in [0.05, 0.1) is 12.0 Å². The summed E-state index contributed by atoms with van der Waals surface area (Å²) < 4.78 is 0. The average Bonchev–Trinajstić information content (AvgIpc) is 2.42. The van der Waals surface area contributed by atoms with Crippen LogP contribution in [-0.4, -0.2) is 59.5 Å². The number of hydrogen-bond acceptors (Lipinski definition) is 3. The molecule has 0 aromatic heterocycles. The minimum atomic E-state index is -0.672. The Morgan fingerprint density at radius 3 is 2.10 bits per heavy atom. The molecule has 0 unspecified atom stereocenters. The third-order valence-electron chi connectivity index (χ3n) is 4.47. The number of carbonyl (C=O) groups excluding carboxylic acids is 1. The van der Waals surface area contributed by atoms with E-state index in [1.54, 1.807) is 0 Å². The third-order valence-corrected chi connectivity index (χ3v) is 4.47. The van der Waals surface area contributed by atoms with Crippen LogP contribution in [0.25, 0.3) is 0 Å². The summed E-state index contributed by atoms with van der Waals surface area (Å²) >= 11 is 0. The smallest absolute Gasteiger partial charge is 0.309 e. The van der Waals surface area contributed by atoms with Crippen LogP contribution in [0.4, 0.5) is 0 Å². The molecule has 0 aromatic carbocycles. The van der Waals surface area contributed by atoms with Crippen LogP contribution in [0.5, 0.6) is 0 Å². The topological polar surface area (TPSA) is 60.9 Å². The largest absolute Gasteiger partial charge is 0.481 e. The van der Waals surface area contributed by atoms with Crippen LogP contribution >= 0.6 is 0 Å². The molecule has 0 saturated carbocycles. The monoisotopic (exact) mass is 284 g/mol. The fourth-order valence-electron chi connectivity index (χ4n) is 3.06. The molecule has 1 amide bonds. The number of carbonyl (C=O) groups is 2. The summed E-state index contributed by atoms with van der Waals surface area (Å²) in [4.78, 5) is 27.5. The lowest BCUT2D eigenvalue weighted by molar-refractivity contribution is -0.153. The number of likely N-dealkylation sites (tertiary alicyclic amines) is 1. The van der Waals surface area contributed by atoms with Gasteiger partial charge in [-0.1, -0.05) is 13.3 Å². The first kappa shape index (κ1) is 17.0. The number of piperidine rings is 1. The van der Waals surface area contributed by atoms with Crippen molar-refractivity contribution in [1.29, 1.82) is 0 Å². The van der Waals surface area contributed by atoms with E-state index in [2.05, 4.69) is 4.90 Å². The van der Waals surface area contributed by atoms with E-state index in [0.717, 1.165) is 25.9 Å². The van der Waals surface area contributed by atoms with Crippen molar-refractivity contribution in [3.8, 4) is 0 Å². The van der Waals surface area contributed by atoms with E-state index in [1.807, 2.05) is 25.7 Å². The fourth-order valence-corrected chi connectivity index (χ4v) is 3.06. The second kappa shape index (κ2) is 7.62. The predicted molar refractivity (Wildman–Crippen MR) is 78.6 cm³/mol. The summed E-state index contributed by atoms with van der Waals surface area (Å²) in [5.41, 5.74) is -0.566. The molecule has 1 fully saturated rings. The lowest BCUT2D eigenvalue weighted by Gasteiger charge is -2.39. The lowest BCUT2D eigenvalue weighted by Crippen LogP contribution is -2.48. The van der Waals surface area contributed by atoms with Gasteiger partial charge < -0.3 is 10.0 Å². The van der Waals surface area contributed by atoms with Crippen molar-refractivity contribution in [2.45, 2.75) is 46.5 Å². The van der Waals surface area contributed by atoms with Crippen molar-refractivity contribution in [2.75, 3.05) is 32.7 Å². The first-order valence-electron chi connectivity index (χ1n) is 7.72. The molecule has 116 valence electrons. The van der Waals surface area contributed by atoms with Crippen LogP contribution in [0.3, 0.4) is 0 Å². The molecule has 0 aromatic rings. The molecule has 5 heteroatoms. The number of carboxylic acids is 1. The van der Waals surface area contributed by atoms with Crippen LogP contribution in [0.2, 0.25) is 0 Å². The zero-order chi connectivity index (χ0) is 15.2. The maximum Gasteiger partial charge on any atom is 0.309 e. The molecular formula is C15H28N2O3. The van der Waals surface area contributed by atoms with Crippen LogP contribution < -0.4 is 0 Å². The van der Waals surface area contributed by atoms with Gasteiger partial charge in [0.2, 0.25) is 5.91 Å². The Hall–Kier alpha value is -1.10. The Kier molecular flexibility index (Phi) is 6.46. The first-order chi connectivity index (χ1) is 9.49. The fraction of sp³-hybridized carbons (Fsp3) is 0.867. The van der Waals surface area contributed by atoms with E-state index in [0.29, 0.717) is 32.5 Å². The first-order valence-corrected chi connectivity index (χ1v) is 7.72. The van der Waals surface area contributed by atoms with Crippen LogP contribution in [0, 0.1) is 5.41 Å². The Morgan fingerprint density at radius 1 is 1.15 bits per heavy atom. The van der Waals surface area contributed by atoms with Crippen molar-refractivity contribution in [1.82, 2.24) is 9.80 Å². The number of nitrogens with zero attached hydrogens (tertiary/aromatic N) is 2. The zero-order valence-corrected chi connectivity index (χ0v) is 13.0. The summed E-state index contributed by atoms with van der Waals surface area (Å²) in [5.74, 6) is -0.526. The van der Waals surface area contributed by atoms with E-state index in [4.69, 9.17) is 0 Å². The Balaban J connectivity index is 2.53. The second-order valence-corrected chi connectivity index (χ2v) is 5.68. The molecule has 1 rings (SSSR count). The third kappa shape index (κ3) is 3.95. The lowest BCUT2D eigenvalue weighted by atomic mass is 9.75. The highest BCUT2D eigenvalue weighted by atomic mass is 16.4. The highest BCUT2D eigenvalue weighted by molar-refractivity contribution is 5.78. The number of hydrogen-bond donors (Lipinski definition) is 1. The molecule has 1 saturated heterocycles. The van der Waals surface area contributed by atoms with E-state index in [9.17, 15) is 14.7 Å². The van der Waals surface area contributed by atoms with Crippen LogP contribution in [0.15, 0.2) is 0 Å². The molecule has 0 aliphatic carbocycles. The van der Waals surface area contributed by atoms with Crippen LogP contribution in [-0.2, 0) is 9.59 Å². The van der Waals surface area contributed by atoms with Gasteiger partial charge in [0.1, 0.15) is 0 Å². The van der Waals surface area contributed by atoms with Gasteiger partial charge in [-0.05, 0) is 46.2 Å². The van der Waals surface area contributed by atoms with Gasteiger partial charge in [0.15, 0.2) is 0 Å². The minimum Gasteiger partial charge on any atom is -0.481 e. The molecular weight excluding hydrogens is 256 g/mol. The number of likely N-dealkylation sites (N-methyl/N-ethyl adjacent to an activating group) is 1. The van der Waals surface area contributed by atoms with Crippen molar-refractivity contribution >= 4 is 11.9 Å². The van der Waals surface area contributed by atoms with E-state index < -0.39 is 11.4 Å². The number of rotatable bonds is 7. The number of amides is 1. The molecule has 5 nitrogen and oxygen atoms in total. The van der Waals surface area contributed by atoms with Crippen molar-refractivity contribution < 1.29 is 14.7 Å². The number of carboxylic acid groups (broad SMARTS) is 1. The summed E-state index contributed by atoms with van der Waals surface area (Å²) in [6.45, 7) is 9.29. The van der Waals surface area contributed by atoms with Gasteiger partial charge in [-0.15, -0.1) is 0 Å². The summed E-state index contributed by atoms with van der Waals surface area (Å²) in [7, 11) is 0. The van der Waals surface area contributed by atoms with Gasteiger partial charge in [0, 0.05) is 13.1 Å². The van der Waals surface area contributed by atoms with Gasteiger partial charge >= 0.3 is 5.97 Å². The van der Waals surface area contributed by atoms with Crippen molar-refractivity contribution in [3.05, 3.63) is 0 Å². The van der Waals surface area contributed by atoms with E-state index >= 15 is 0 Å². The Morgan fingerprint density at radius 2 is 1.70 bits per heavy atom. The van der Waals surface area contributed by atoms with Gasteiger partial charge in [0.25, 0.3) is 0 Å². The SMILES string of the molecule is CCCC1(C(=O)O)CCN(CC(=O)N(CC)CC)CC1. The molecule has 0 atom stereocenters. The Labute approximate surface area is 121 Å². The molecule has 1 aliphatic rings. The zero-order valence-electron chi connectivity index (χ0n) is 13.0. The summed E-state index contributed by atoms with van der Waals surface area (Å²) in [5, 5.41) is 9.46. The Bertz CT molecular complexity index is 332. The average molecular weight is 284 g/mol. The van der Waals surface area contributed by atoms with E-state index in [1.165, 1.54) is 0 Å². The molecule has 0 bridgehead atoms. The predicted octanol–water partition coefficient (Wildman–Crippen LogP) is 1.82. The normalized spacial score (nSPS) is 18.8. The van der Waals surface area contributed by atoms with Gasteiger partial charge in [-0.3, -0.25) is 14.5 Å². The highest BCUT2D eigenvalue weighted by Gasteiger charge is 2.40. The molecule has 1 N–H and O–H groups in total. The summed E-state index contributed by atoms with van der Waals surface area (Å²) in [6, 6.07) is 0. The van der Waals surface area contributed by atoms with Gasteiger partial charge in [-0.25, -0.2) is 0 Å². The van der Waals surface area contributed by atoms with Crippen molar-refractivity contribution in [3.63, 3.8) is 0 Å². The quantitative estimate of drug-likeness (QED) is 0.774. The van der Waals surface area contributed by atoms with Crippen LogP contribution in [0.1, 0.15) is 46.5 Å². The summed E-state index contributed by atoms with van der Waals surface area (Å²) in [6.07, 6.45) is 2.94. The molecule has 0 spiro atoms. The minimum absolute atomic E-state index is 0.147.